The Kier molecular flexibility index (Phi) is 12.1. The van der Waals surface area contributed by atoms with E-state index in [0.717, 1.165) is 34.6 Å². The van der Waals surface area contributed by atoms with Crippen molar-refractivity contribution in [3.8, 4) is 0 Å². The number of hydrogen-bond acceptors (Lipinski definition) is 15. The van der Waals surface area contributed by atoms with Crippen LogP contribution in [0.4, 0.5) is 0 Å². The number of esters is 7. The van der Waals surface area contributed by atoms with Crippen molar-refractivity contribution in [2.24, 2.45) is 17.3 Å². The number of hydrogen-bond donors (Lipinski definition) is 1. The molecule has 10 atom stereocenters. The maximum Gasteiger partial charge on any atom is 0.312 e. The summed E-state index contributed by atoms with van der Waals surface area (Å²) >= 11 is 0. The van der Waals surface area contributed by atoms with Gasteiger partial charge in [0.25, 0.3) is 0 Å². The molecule has 1 saturated heterocycles. The number of rotatable bonds is 9. The van der Waals surface area contributed by atoms with Crippen molar-refractivity contribution >= 4 is 41.8 Å². The second-order valence-corrected chi connectivity index (χ2v) is 13.1. The van der Waals surface area contributed by atoms with Gasteiger partial charge in [0.1, 0.15) is 31.0 Å². The Morgan fingerprint density at radius 3 is 1.98 bits per heavy atom. The Labute approximate surface area is 284 Å². The van der Waals surface area contributed by atoms with Crippen LogP contribution in [0.15, 0.2) is 23.8 Å². The molecule has 0 radical (unpaired) electrons. The molecule has 15 nitrogen and oxygen atoms in total. The predicted molar refractivity (Wildman–Crippen MR) is 166 cm³/mol. The molecule has 3 aliphatic rings. The van der Waals surface area contributed by atoms with Crippen LogP contribution in [0.2, 0.25) is 0 Å². The average Bonchev–Trinajstić information content (AvgIpc) is 3.18. The SMILES string of the molecule is CCCC(=O)OCC1=C/[C@@H]2OC(=O)[C@H](C)[C@@]2(O)[C@@H](OC(C)=O)[C@H]2[C@](C)(OC(C)=O)[C@H](OC(C)=O)C[C@H](OC(C)=O)[C@]2(C)[C@@H](OC(C)=O)/C=C\1. The van der Waals surface area contributed by atoms with Gasteiger partial charge < -0.3 is 38.3 Å². The van der Waals surface area contributed by atoms with Gasteiger partial charge in [-0.05, 0) is 38.0 Å². The molecule has 0 spiro atoms. The Morgan fingerprint density at radius 2 is 1.45 bits per heavy atom. The summed E-state index contributed by atoms with van der Waals surface area (Å²) in [5.41, 5.74) is -6.06. The smallest absolute Gasteiger partial charge is 0.312 e. The Bertz CT molecular complexity index is 1420. The van der Waals surface area contributed by atoms with Crippen molar-refractivity contribution in [3.05, 3.63) is 23.8 Å². The molecule has 0 bridgehead atoms. The zero-order valence-electron chi connectivity index (χ0n) is 29.3. The molecule has 1 N–H and O–H groups in total. The first kappa shape index (κ1) is 39.2. The average molecular weight is 695 g/mol. The standard InChI is InChI=1S/C34H46O15/c1-10-11-28(40)43-16-23-12-13-24(44-18(3)35)32(8)25(45-19(4)36)15-26(46-20(5)37)33(9,49-22(7)39)29(32)30(47-21(6)38)34(42)17(2)31(41)48-27(34)14-23/h12-14,17,24-27,29-30,42H,10-11,15-16H2,1-9H3/b13-12-,23-14+/t17-,24-,25-,26+,27-,29+,30-,32-,33+,34-/m0/s1. The van der Waals surface area contributed by atoms with Gasteiger partial charge in [0.2, 0.25) is 0 Å². The number of aliphatic hydroxyl groups is 1. The van der Waals surface area contributed by atoms with Crippen molar-refractivity contribution in [2.75, 3.05) is 6.61 Å². The molecule has 3 rings (SSSR count). The zero-order chi connectivity index (χ0) is 37.1. The summed E-state index contributed by atoms with van der Waals surface area (Å²) in [6.45, 7) is 11.2. The van der Waals surface area contributed by atoms with Crippen LogP contribution < -0.4 is 0 Å². The summed E-state index contributed by atoms with van der Waals surface area (Å²) in [4.78, 5) is 89.3. The Morgan fingerprint density at radius 1 is 0.878 bits per heavy atom. The first-order chi connectivity index (χ1) is 22.7. The van der Waals surface area contributed by atoms with Crippen molar-refractivity contribution in [1.82, 2.24) is 0 Å². The minimum atomic E-state index is -2.46. The number of carbonyl (C=O) groups is 7. The summed E-state index contributed by atoms with van der Waals surface area (Å²) in [5.74, 6) is -8.58. The van der Waals surface area contributed by atoms with Crippen molar-refractivity contribution in [2.45, 2.75) is 123 Å². The summed E-state index contributed by atoms with van der Waals surface area (Å²) in [6.07, 6.45) is -3.07. The minimum Gasteiger partial charge on any atom is -0.462 e. The Hall–Kier alpha value is -4.27. The highest BCUT2D eigenvalue weighted by atomic mass is 16.6. The molecule has 0 aromatic carbocycles. The normalized spacial score (nSPS) is 37.0. The maximum absolute atomic E-state index is 13.3. The number of fused-ring (bicyclic) bond motifs is 2. The second-order valence-electron chi connectivity index (χ2n) is 13.1. The maximum atomic E-state index is 13.3. The van der Waals surface area contributed by atoms with Crippen molar-refractivity contribution in [1.29, 1.82) is 0 Å². The van der Waals surface area contributed by atoms with Crippen LogP contribution >= 0.6 is 0 Å². The third-order valence-electron chi connectivity index (χ3n) is 9.44. The molecule has 0 aromatic rings. The fourth-order valence-electron chi connectivity index (χ4n) is 7.36. The summed E-state index contributed by atoms with van der Waals surface area (Å²) in [5, 5.41) is 12.8. The fourth-order valence-corrected chi connectivity index (χ4v) is 7.36. The van der Waals surface area contributed by atoms with Gasteiger partial charge >= 0.3 is 41.8 Å². The van der Waals surface area contributed by atoms with Crippen LogP contribution in [-0.2, 0) is 66.7 Å². The van der Waals surface area contributed by atoms with Gasteiger partial charge in [0.05, 0.1) is 17.3 Å². The van der Waals surface area contributed by atoms with E-state index >= 15 is 0 Å². The van der Waals surface area contributed by atoms with Crippen molar-refractivity contribution < 1.29 is 71.8 Å². The summed E-state index contributed by atoms with van der Waals surface area (Å²) in [6, 6.07) is 0. The van der Waals surface area contributed by atoms with E-state index in [1.807, 2.05) is 0 Å². The highest BCUT2D eigenvalue weighted by Gasteiger charge is 2.74. The van der Waals surface area contributed by atoms with Gasteiger partial charge in [-0.2, -0.15) is 0 Å². The summed E-state index contributed by atoms with van der Waals surface area (Å²) in [7, 11) is 0. The van der Waals surface area contributed by atoms with Crippen LogP contribution in [0.1, 0.15) is 81.6 Å². The van der Waals surface area contributed by atoms with Gasteiger partial charge in [-0.3, -0.25) is 33.6 Å². The lowest BCUT2D eigenvalue weighted by Crippen LogP contribution is -2.74. The molecule has 272 valence electrons. The molecular formula is C34H46O15. The Balaban J connectivity index is 2.54. The van der Waals surface area contributed by atoms with E-state index in [1.54, 1.807) is 6.92 Å². The molecule has 1 saturated carbocycles. The highest BCUT2D eigenvalue weighted by Crippen LogP contribution is 2.59. The van der Waals surface area contributed by atoms with Crippen LogP contribution in [0.3, 0.4) is 0 Å². The van der Waals surface area contributed by atoms with E-state index in [1.165, 1.54) is 39.0 Å². The molecule has 1 heterocycles. The first-order valence-electron chi connectivity index (χ1n) is 16.1. The quantitative estimate of drug-likeness (QED) is 0.271. The highest BCUT2D eigenvalue weighted by molar-refractivity contribution is 5.78. The molecule has 0 amide bonds. The van der Waals surface area contributed by atoms with Crippen molar-refractivity contribution in [3.63, 3.8) is 0 Å². The van der Waals surface area contributed by atoms with E-state index in [9.17, 15) is 38.7 Å². The van der Waals surface area contributed by atoms with E-state index < -0.39 is 101 Å². The topological polar surface area (TPSA) is 204 Å². The molecule has 1 aliphatic heterocycles. The predicted octanol–water partition coefficient (Wildman–Crippen LogP) is 2.19. The minimum absolute atomic E-state index is 0.114. The molecule has 15 heteroatoms. The number of ether oxygens (including phenoxy) is 7. The fraction of sp³-hybridized carbons (Fsp3) is 0.676. The second kappa shape index (κ2) is 15.1. The largest absolute Gasteiger partial charge is 0.462 e. The monoisotopic (exact) mass is 694 g/mol. The molecule has 2 fully saturated rings. The van der Waals surface area contributed by atoms with Gasteiger partial charge in [0, 0.05) is 47.5 Å². The van der Waals surface area contributed by atoms with Gasteiger partial charge in [-0.25, -0.2) is 0 Å². The van der Waals surface area contributed by atoms with E-state index in [4.69, 9.17) is 33.2 Å². The zero-order valence-corrected chi connectivity index (χ0v) is 29.3. The molecule has 0 aromatic heterocycles. The van der Waals surface area contributed by atoms with Crippen LogP contribution in [-0.4, -0.2) is 95.2 Å². The lowest BCUT2D eigenvalue weighted by Gasteiger charge is -2.61. The van der Waals surface area contributed by atoms with Gasteiger partial charge in [-0.15, -0.1) is 0 Å². The lowest BCUT2D eigenvalue weighted by molar-refractivity contribution is -0.290. The van der Waals surface area contributed by atoms with Crippen LogP contribution in [0.5, 0.6) is 0 Å². The number of carbonyl (C=O) groups excluding carboxylic acids is 7. The molecular weight excluding hydrogens is 648 g/mol. The third-order valence-corrected chi connectivity index (χ3v) is 9.44. The van der Waals surface area contributed by atoms with E-state index in [0.29, 0.717) is 6.42 Å². The molecule has 2 aliphatic carbocycles. The van der Waals surface area contributed by atoms with Crippen LogP contribution in [0, 0.1) is 17.3 Å². The van der Waals surface area contributed by atoms with E-state index in [-0.39, 0.29) is 25.0 Å². The van der Waals surface area contributed by atoms with Gasteiger partial charge in [-0.1, -0.05) is 19.9 Å². The molecule has 49 heavy (non-hydrogen) atoms. The lowest BCUT2D eigenvalue weighted by atomic mass is 9.51. The first-order valence-corrected chi connectivity index (χ1v) is 16.1. The molecule has 0 unspecified atom stereocenters. The van der Waals surface area contributed by atoms with Gasteiger partial charge in [0.15, 0.2) is 17.3 Å². The third kappa shape index (κ3) is 7.97. The van der Waals surface area contributed by atoms with Crippen LogP contribution in [0.25, 0.3) is 0 Å². The van der Waals surface area contributed by atoms with E-state index in [2.05, 4.69) is 0 Å². The summed E-state index contributed by atoms with van der Waals surface area (Å²) < 4.78 is 40.3.